The molecule has 1 saturated carbocycles. The lowest BCUT2D eigenvalue weighted by Crippen LogP contribution is -2.43. The summed E-state index contributed by atoms with van der Waals surface area (Å²) in [4.78, 5) is 24.7. The molecular formula is C26H32ClN7O3. The molecule has 2 saturated heterocycles. The summed E-state index contributed by atoms with van der Waals surface area (Å²) in [6, 6.07) is 4.58. The molecule has 3 aliphatic rings. The predicted molar refractivity (Wildman–Crippen MR) is 140 cm³/mol. The fourth-order valence-electron chi connectivity index (χ4n) is 5.42. The first-order valence-corrected chi connectivity index (χ1v) is 13.4. The first kappa shape index (κ1) is 24.4. The number of nitrogens with zero attached hydrogens (tertiary/aromatic N) is 6. The van der Waals surface area contributed by atoms with E-state index in [1.807, 2.05) is 12.3 Å². The highest BCUT2D eigenvalue weighted by Crippen LogP contribution is 2.37. The van der Waals surface area contributed by atoms with Crippen LogP contribution in [0.3, 0.4) is 0 Å². The highest BCUT2D eigenvalue weighted by Gasteiger charge is 2.28. The zero-order valence-corrected chi connectivity index (χ0v) is 21.7. The number of piperidine rings is 1. The number of hydrogen-bond acceptors (Lipinski definition) is 8. The quantitative estimate of drug-likeness (QED) is 0.456. The average molecular weight is 526 g/mol. The van der Waals surface area contributed by atoms with Gasteiger partial charge in [-0.2, -0.15) is 5.10 Å². The van der Waals surface area contributed by atoms with Crippen molar-refractivity contribution in [2.45, 2.75) is 50.7 Å². The van der Waals surface area contributed by atoms with Crippen molar-refractivity contribution >= 4 is 40.2 Å². The third-order valence-electron chi connectivity index (χ3n) is 7.65. The lowest BCUT2D eigenvalue weighted by atomic mass is 9.88. The Balaban J connectivity index is 1.10. The van der Waals surface area contributed by atoms with Gasteiger partial charge in [0.2, 0.25) is 5.95 Å². The topological polar surface area (TPSA) is 109 Å². The Bertz CT molecular complexity index is 1300. The standard InChI is InChI=1S/C26H32ClN7O3/c1-16-24(13-29-34(16)19-2-3-19)31-25-28-12-18-10-22(27)21(11-23(18)30-25)17-4-6-32(7-5-17)14-20(35)15-33-8-9-37-26(33)36/h10-13,17,19-20,35H,2-9,14-15H2,1H3,(H,28,30,31). The molecule has 11 heteroatoms. The van der Waals surface area contributed by atoms with Crippen LogP contribution in [0.1, 0.15) is 48.9 Å². The number of carbonyl (C=O) groups excluding carboxylic acids is 1. The number of halogens is 1. The number of aromatic nitrogens is 4. The van der Waals surface area contributed by atoms with Crippen LogP contribution in [0.15, 0.2) is 24.5 Å². The normalized spacial score (nSPS) is 20.0. The van der Waals surface area contributed by atoms with E-state index in [1.54, 1.807) is 11.1 Å². The lowest BCUT2D eigenvalue weighted by molar-refractivity contribution is 0.0737. The third kappa shape index (κ3) is 5.23. The van der Waals surface area contributed by atoms with Gasteiger partial charge in [0.1, 0.15) is 6.61 Å². The van der Waals surface area contributed by atoms with E-state index in [4.69, 9.17) is 21.3 Å². The van der Waals surface area contributed by atoms with Gasteiger partial charge < -0.3 is 25.0 Å². The van der Waals surface area contributed by atoms with Gasteiger partial charge in [-0.1, -0.05) is 11.6 Å². The fourth-order valence-corrected chi connectivity index (χ4v) is 5.75. The molecule has 1 amide bonds. The van der Waals surface area contributed by atoms with Gasteiger partial charge in [-0.15, -0.1) is 0 Å². The molecule has 10 nitrogen and oxygen atoms in total. The van der Waals surface area contributed by atoms with Crippen molar-refractivity contribution in [3.05, 3.63) is 40.8 Å². The Morgan fingerprint density at radius 3 is 2.70 bits per heavy atom. The first-order valence-electron chi connectivity index (χ1n) is 13.0. The number of amides is 1. The monoisotopic (exact) mass is 525 g/mol. The highest BCUT2D eigenvalue weighted by molar-refractivity contribution is 6.32. The number of β-amino-alcohol motifs (C(OH)–C–C–N with tert-alkyl or cyclic N) is 1. The van der Waals surface area contributed by atoms with Crippen molar-refractivity contribution in [2.75, 3.05) is 44.6 Å². The van der Waals surface area contributed by atoms with Gasteiger partial charge in [0.05, 0.1) is 48.3 Å². The van der Waals surface area contributed by atoms with Crippen LogP contribution in [0.4, 0.5) is 16.4 Å². The van der Waals surface area contributed by atoms with E-state index in [0.29, 0.717) is 44.1 Å². The molecule has 2 aliphatic heterocycles. The average Bonchev–Trinajstić information content (AvgIpc) is 3.56. The zero-order chi connectivity index (χ0) is 25.5. The lowest BCUT2D eigenvalue weighted by Gasteiger charge is -2.34. The van der Waals surface area contributed by atoms with Crippen molar-refractivity contribution < 1.29 is 14.6 Å². The van der Waals surface area contributed by atoms with Crippen molar-refractivity contribution in [1.29, 1.82) is 0 Å². The number of carbonyl (C=O) groups is 1. The number of rotatable bonds is 8. The maximum absolute atomic E-state index is 11.6. The molecule has 2 aromatic heterocycles. The third-order valence-corrected chi connectivity index (χ3v) is 7.98. The SMILES string of the molecule is Cc1c(Nc2ncc3cc(Cl)c(C4CCN(CC(O)CN5CCOC5=O)CC4)cc3n2)cnn1C1CC1. The first-order chi connectivity index (χ1) is 17.9. The number of ether oxygens (including phenoxy) is 1. The number of benzene rings is 1. The van der Waals surface area contributed by atoms with E-state index in [0.717, 1.165) is 58.8 Å². The van der Waals surface area contributed by atoms with Gasteiger partial charge >= 0.3 is 6.09 Å². The number of likely N-dealkylation sites (tertiary alicyclic amines) is 1. The van der Waals surface area contributed by atoms with Crippen molar-refractivity contribution in [1.82, 2.24) is 29.5 Å². The fraction of sp³-hybridized carbons (Fsp3) is 0.538. The second-order valence-electron chi connectivity index (χ2n) is 10.4. The van der Waals surface area contributed by atoms with E-state index in [1.165, 1.54) is 12.8 Å². The summed E-state index contributed by atoms with van der Waals surface area (Å²) in [7, 11) is 0. The van der Waals surface area contributed by atoms with Gasteiger partial charge in [0, 0.05) is 23.2 Å². The van der Waals surface area contributed by atoms with Gasteiger partial charge in [-0.25, -0.2) is 14.8 Å². The minimum absolute atomic E-state index is 0.312. The maximum atomic E-state index is 11.6. The summed E-state index contributed by atoms with van der Waals surface area (Å²) in [5.74, 6) is 0.870. The van der Waals surface area contributed by atoms with Crippen LogP contribution in [-0.2, 0) is 4.74 Å². The predicted octanol–water partition coefficient (Wildman–Crippen LogP) is 3.86. The Hall–Kier alpha value is -2.95. The van der Waals surface area contributed by atoms with Crippen LogP contribution in [0.5, 0.6) is 0 Å². The zero-order valence-electron chi connectivity index (χ0n) is 20.9. The van der Waals surface area contributed by atoms with Crippen LogP contribution >= 0.6 is 11.6 Å². The molecule has 1 atom stereocenters. The van der Waals surface area contributed by atoms with Crippen LogP contribution in [0, 0.1) is 6.92 Å². The number of fused-ring (bicyclic) bond motifs is 1. The number of nitrogens with one attached hydrogen (secondary N) is 1. The summed E-state index contributed by atoms with van der Waals surface area (Å²) < 4.78 is 7.02. The van der Waals surface area contributed by atoms with Gasteiger partial charge in [0.25, 0.3) is 0 Å². The second kappa shape index (κ2) is 10.1. The molecule has 4 heterocycles. The van der Waals surface area contributed by atoms with Gasteiger partial charge in [0.15, 0.2) is 0 Å². The second-order valence-corrected chi connectivity index (χ2v) is 10.8. The van der Waals surface area contributed by atoms with E-state index >= 15 is 0 Å². The van der Waals surface area contributed by atoms with Gasteiger partial charge in [-0.3, -0.25) is 4.68 Å². The Morgan fingerprint density at radius 1 is 1.16 bits per heavy atom. The number of aliphatic hydroxyl groups is 1. The summed E-state index contributed by atoms with van der Waals surface area (Å²) in [5, 5.41) is 20.0. The maximum Gasteiger partial charge on any atom is 0.410 e. The highest BCUT2D eigenvalue weighted by atomic mass is 35.5. The molecule has 3 fully saturated rings. The summed E-state index contributed by atoms with van der Waals surface area (Å²) >= 11 is 6.71. The largest absolute Gasteiger partial charge is 0.448 e. The number of hydrogen-bond donors (Lipinski definition) is 2. The summed E-state index contributed by atoms with van der Waals surface area (Å²) in [6.07, 6.45) is 6.98. The van der Waals surface area contributed by atoms with Crippen LogP contribution in [0.2, 0.25) is 5.02 Å². The molecule has 2 N–H and O–H groups in total. The van der Waals surface area contributed by atoms with Gasteiger partial charge in [-0.05, 0) is 69.3 Å². The van der Waals surface area contributed by atoms with Crippen molar-refractivity contribution in [2.24, 2.45) is 0 Å². The molecule has 0 spiro atoms. The molecule has 1 unspecified atom stereocenters. The number of anilines is 2. The molecule has 1 aliphatic carbocycles. The molecule has 3 aromatic rings. The molecular weight excluding hydrogens is 494 g/mol. The smallest absolute Gasteiger partial charge is 0.410 e. The van der Waals surface area contributed by atoms with E-state index in [9.17, 15) is 9.90 Å². The minimum Gasteiger partial charge on any atom is -0.448 e. The van der Waals surface area contributed by atoms with Crippen LogP contribution < -0.4 is 5.32 Å². The summed E-state index contributed by atoms with van der Waals surface area (Å²) in [6.45, 7) is 5.59. The number of cyclic esters (lactones) is 1. The number of aliphatic hydroxyl groups excluding tert-OH is 1. The molecule has 196 valence electrons. The Morgan fingerprint density at radius 2 is 1.97 bits per heavy atom. The van der Waals surface area contributed by atoms with Crippen LogP contribution in [-0.4, -0.2) is 86.2 Å². The van der Waals surface area contributed by atoms with Crippen molar-refractivity contribution in [3.8, 4) is 0 Å². The Labute approximate surface area is 220 Å². The molecule has 37 heavy (non-hydrogen) atoms. The summed E-state index contributed by atoms with van der Waals surface area (Å²) in [5.41, 5.74) is 3.99. The van der Waals surface area contributed by atoms with Crippen LogP contribution in [0.25, 0.3) is 10.9 Å². The van der Waals surface area contributed by atoms with E-state index in [-0.39, 0.29) is 6.09 Å². The molecule has 6 rings (SSSR count). The van der Waals surface area contributed by atoms with E-state index < -0.39 is 6.10 Å². The minimum atomic E-state index is -0.589. The van der Waals surface area contributed by atoms with E-state index in [2.05, 4.69) is 38.0 Å². The molecule has 1 aromatic carbocycles. The molecule has 0 radical (unpaired) electrons. The Kier molecular flexibility index (Phi) is 6.64. The van der Waals surface area contributed by atoms with Crippen molar-refractivity contribution in [3.63, 3.8) is 0 Å². The molecule has 0 bridgehead atoms.